The summed E-state index contributed by atoms with van der Waals surface area (Å²) in [7, 11) is 0. The lowest BCUT2D eigenvalue weighted by molar-refractivity contribution is 0.606. The van der Waals surface area contributed by atoms with Crippen LogP contribution in [0.15, 0.2) is 42.5 Å². The van der Waals surface area contributed by atoms with Crippen molar-refractivity contribution in [2.24, 2.45) is 5.73 Å². The molecule has 0 amide bonds. The summed E-state index contributed by atoms with van der Waals surface area (Å²) >= 11 is 0. The minimum Gasteiger partial charge on any atom is -0.399 e. The van der Waals surface area contributed by atoms with Gasteiger partial charge in [0.2, 0.25) is 0 Å². The Hall–Kier alpha value is -1.74. The van der Waals surface area contributed by atoms with Crippen LogP contribution < -0.4 is 16.8 Å². The lowest BCUT2D eigenvalue weighted by Gasteiger charge is -2.29. The lowest BCUT2D eigenvalue weighted by atomic mass is 10.0. The first-order valence-electron chi connectivity index (χ1n) is 5.37. The zero-order chi connectivity index (χ0) is 11.6. The number of anilines is 2. The van der Waals surface area contributed by atoms with Gasteiger partial charge in [-0.25, -0.2) is 0 Å². The molecule has 3 nitrogen and oxygen atoms in total. The summed E-state index contributed by atoms with van der Waals surface area (Å²) in [5.74, 6) is 0. The van der Waals surface area contributed by atoms with Crippen LogP contribution in [0.5, 0.6) is 0 Å². The van der Waals surface area contributed by atoms with E-state index >= 15 is 0 Å². The Bertz CT molecular complexity index is 448. The van der Waals surface area contributed by atoms with Crippen molar-refractivity contribution in [3.05, 3.63) is 48.1 Å². The molecule has 3 heteroatoms. The molecule has 1 aromatic carbocycles. The Labute approximate surface area is 95.8 Å². The highest BCUT2D eigenvalue weighted by molar-refractivity contribution is 5.61. The molecule has 0 saturated carbocycles. The van der Waals surface area contributed by atoms with Crippen LogP contribution >= 0.6 is 0 Å². The number of nitrogens with one attached hydrogen (secondary N) is 1. The first-order valence-corrected chi connectivity index (χ1v) is 5.37. The third-order valence-corrected chi connectivity index (χ3v) is 2.73. The Balaban J connectivity index is 2.23. The van der Waals surface area contributed by atoms with Crippen LogP contribution in [0.4, 0.5) is 11.4 Å². The number of hydrogen-bond acceptors (Lipinski definition) is 3. The zero-order valence-electron chi connectivity index (χ0n) is 9.40. The quantitative estimate of drug-likeness (QED) is 0.523. The first-order chi connectivity index (χ1) is 7.59. The highest BCUT2D eigenvalue weighted by Gasteiger charge is 2.21. The molecule has 5 N–H and O–H groups in total. The highest BCUT2D eigenvalue weighted by atomic mass is 15.1. The molecule has 1 aliphatic rings. The van der Waals surface area contributed by atoms with E-state index in [9.17, 15) is 0 Å². The SMILES string of the molecule is Cc1ccc(N)cc1NC1(N)C=CC=CC1. The van der Waals surface area contributed by atoms with E-state index in [2.05, 4.69) is 11.4 Å². The Morgan fingerprint density at radius 3 is 2.81 bits per heavy atom. The Morgan fingerprint density at radius 1 is 1.31 bits per heavy atom. The van der Waals surface area contributed by atoms with Gasteiger partial charge < -0.3 is 16.8 Å². The fourth-order valence-corrected chi connectivity index (χ4v) is 1.75. The molecule has 1 unspecified atom stereocenters. The van der Waals surface area contributed by atoms with Crippen molar-refractivity contribution in [1.82, 2.24) is 0 Å². The molecule has 0 aromatic heterocycles. The van der Waals surface area contributed by atoms with E-state index in [4.69, 9.17) is 11.5 Å². The second kappa shape index (κ2) is 4.02. The van der Waals surface area contributed by atoms with Crippen LogP contribution in [0.25, 0.3) is 0 Å². The fourth-order valence-electron chi connectivity index (χ4n) is 1.75. The van der Waals surface area contributed by atoms with Crippen LogP contribution in [0.2, 0.25) is 0 Å². The number of benzene rings is 1. The van der Waals surface area contributed by atoms with Crippen molar-refractivity contribution in [3.63, 3.8) is 0 Å². The second-order valence-corrected chi connectivity index (χ2v) is 4.23. The number of nitrogen functional groups attached to an aromatic ring is 1. The molecule has 0 radical (unpaired) electrons. The molecular formula is C13H17N3. The van der Waals surface area contributed by atoms with E-state index in [0.717, 1.165) is 23.4 Å². The van der Waals surface area contributed by atoms with Crippen LogP contribution in [0.3, 0.4) is 0 Å². The summed E-state index contributed by atoms with van der Waals surface area (Å²) in [4.78, 5) is 0. The summed E-state index contributed by atoms with van der Waals surface area (Å²) in [6, 6.07) is 5.79. The van der Waals surface area contributed by atoms with Crippen LogP contribution in [0.1, 0.15) is 12.0 Å². The first kappa shape index (κ1) is 10.8. The monoisotopic (exact) mass is 215 g/mol. The second-order valence-electron chi connectivity index (χ2n) is 4.23. The third kappa shape index (κ3) is 2.25. The van der Waals surface area contributed by atoms with Gasteiger partial charge in [0, 0.05) is 17.8 Å². The highest BCUT2D eigenvalue weighted by Crippen LogP contribution is 2.23. The smallest absolute Gasteiger partial charge is 0.109 e. The molecule has 0 bridgehead atoms. The van der Waals surface area contributed by atoms with Gasteiger partial charge in [0.15, 0.2) is 0 Å². The average molecular weight is 215 g/mol. The predicted molar refractivity (Wildman–Crippen MR) is 69.0 cm³/mol. The van der Waals surface area contributed by atoms with Crippen LogP contribution in [-0.4, -0.2) is 5.66 Å². The maximum absolute atomic E-state index is 6.22. The minimum absolute atomic E-state index is 0.507. The topological polar surface area (TPSA) is 64.1 Å². The molecule has 1 aromatic rings. The van der Waals surface area contributed by atoms with Crippen molar-refractivity contribution in [2.45, 2.75) is 19.0 Å². The molecule has 2 rings (SSSR count). The van der Waals surface area contributed by atoms with Crippen molar-refractivity contribution >= 4 is 11.4 Å². The number of allylic oxidation sites excluding steroid dienone is 2. The average Bonchev–Trinajstić information content (AvgIpc) is 2.24. The molecule has 0 spiro atoms. The molecule has 0 fully saturated rings. The largest absolute Gasteiger partial charge is 0.399 e. The third-order valence-electron chi connectivity index (χ3n) is 2.73. The predicted octanol–water partition coefficient (Wildman–Crippen LogP) is 2.16. The van der Waals surface area contributed by atoms with Crippen molar-refractivity contribution in [1.29, 1.82) is 0 Å². The van der Waals surface area contributed by atoms with Gasteiger partial charge in [0.1, 0.15) is 5.66 Å². The molecule has 0 heterocycles. The molecular weight excluding hydrogens is 198 g/mol. The zero-order valence-corrected chi connectivity index (χ0v) is 9.40. The molecule has 0 aliphatic heterocycles. The van der Waals surface area contributed by atoms with Crippen LogP contribution in [0, 0.1) is 6.92 Å². The normalized spacial score (nSPS) is 23.4. The molecule has 1 aliphatic carbocycles. The van der Waals surface area contributed by atoms with Crippen molar-refractivity contribution in [2.75, 3.05) is 11.1 Å². The van der Waals surface area contributed by atoms with E-state index in [1.54, 1.807) is 0 Å². The maximum atomic E-state index is 6.22. The van der Waals surface area contributed by atoms with Gasteiger partial charge in [-0.3, -0.25) is 0 Å². The van der Waals surface area contributed by atoms with Gasteiger partial charge in [0.25, 0.3) is 0 Å². The van der Waals surface area contributed by atoms with Crippen molar-refractivity contribution < 1.29 is 0 Å². The minimum atomic E-state index is -0.507. The number of hydrogen-bond donors (Lipinski definition) is 3. The van der Waals surface area contributed by atoms with E-state index in [-0.39, 0.29) is 0 Å². The molecule has 84 valence electrons. The van der Waals surface area contributed by atoms with Crippen molar-refractivity contribution in [3.8, 4) is 0 Å². The molecule has 1 atom stereocenters. The lowest BCUT2D eigenvalue weighted by Crippen LogP contribution is -2.46. The number of aryl methyl sites for hydroxylation is 1. The van der Waals surface area contributed by atoms with Gasteiger partial charge in [-0.15, -0.1) is 0 Å². The van der Waals surface area contributed by atoms with Gasteiger partial charge in [0.05, 0.1) is 0 Å². The molecule has 16 heavy (non-hydrogen) atoms. The van der Waals surface area contributed by atoms with Gasteiger partial charge in [-0.05, 0) is 30.7 Å². The van der Waals surface area contributed by atoms with E-state index < -0.39 is 5.66 Å². The fraction of sp³-hybridized carbons (Fsp3) is 0.231. The standard InChI is InChI=1S/C13H17N3/c1-10-5-6-11(14)9-12(10)16-13(15)7-3-2-4-8-13/h2-7,9,16H,8,14-15H2,1H3. The van der Waals surface area contributed by atoms with Gasteiger partial charge in [-0.1, -0.05) is 24.3 Å². The molecule has 0 saturated heterocycles. The van der Waals surface area contributed by atoms with E-state index in [1.165, 1.54) is 0 Å². The Kier molecular flexibility index (Phi) is 2.71. The Morgan fingerprint density at radius 2 is 2.12 bits per heavy atom. The summed E-state index contributed by atoms with van der Waals surface area (Å²) in [5, 5.41) is 3.33. The summed E-state index contributed by atoms with van der Waals surface area (Å²) in [6.07, 6.45) is 8.75. The van der Waals surface area contributed by atoms with Gasteiger partial charge >= 0.3 is 0 Å². The van der Waals surface area contributed by atoms with Crippen LogP contribution in [-0.2, 0) is 0 Å². The van der Waals surface area contributed by atoms with Gasteiger partial charge in [-0.2, -0.15) is 0 Å². The summed E-state index contributed by atoms with van der Waals surface area (Å²) in [6.45, 7) is 2.04. The number of rotatable bonds is 2. The maximum Gasteiger partial charge on any atom is 0.109 e. The number of nitrogens with two attached hydrogens (primary N) is 2. The van der Waals surface area contributed by atoms with E-state index in [1.807, 2.05) is 43.4 Å². The van der Waals surface area contributed by atoms with E-state index in [0.29, 0.717) is 0 Å². The summed E-state index contributed by atoms with van der Waals surface area (Å²) in [5.41, 5.74) is 14.3. The summed E-state index contributed by atoms with van der Waals surface area (Å²) < 4.78 is 0.